The highest BCUT2D eigenvalue weighted by Gasteiger charge is 2.30. The number of anilines is 1. The van der Waals surface area contributed by atoms with Gasteiger partial charge >= 0.3 is 5.97 Å². The maximum Gasteiger partial charge on any atom is 0.306 e. The SMILES string of the molecule is CN(NC(=O)C1CCC(C(=O)O)CC1)c1ncccn1. The van der Waals surface area contributed by atoms with Crippen molar-refractivity contribution in [3.63, 3.8) is 0 Å². The van der Waals surface area contributed by atoms with Crippen molar-refractivity contribution in [2.24, 2.45) is 11.8 Å². The molecule has 7 nitrogen and oxygen atoms in total. The monoisotopic (exact) mass is 278 g/mol. The molecule has 0 unspecified atom stereocenters. The molecular weight excluding hydrogens is 260 g/mol. The highest BCUT2D eigenvalue weighted by Crippen LogP contribution is 2.29. The zero-order chi connectivity index (χ0) is 14.5. The standard InChI is InChI=1S/C13H18N4O3/c1-17(13-14-7-2-8-15-13)16-11(18)9-3-5-10(6-4-9)12(19)20/h2,7-10H,3-6H2,1H3,(H,16,18)(H,19,20). The number of carboxylic acid groups (broad SMARTS) is 1. The molecule has 0 aliphatic heterocycles. The predicted octanol–water partition coefficient (Wildman–Crippen LogP) is 0.835. The third-order valence-electron chi connectivity index (χ3n) is 3.58. The Kier molecular flexibility index (Phi) is 4.49. The van der Waals surface area contributed by atoms with Crippen molar-refractivity contribution in [2.45, 2.75) is 25.7 Å². The average Bonchev–Trinajstić information content (AvgIpc) is 2.48. The van der Waals surface area contributed by atoms with E-state index in [4.69, 9.17) is 5.11 Å². The topological polar surface area (TPSA) is 95.4 Å². The summed E-state index contributed by atoms with van der Waals surface area (Å²) < 4.78 is 0. The van der Waals surface area contributed by atoms with Gasteiger partial charge in [-0.2, -0.15) is 0 Å². The van der Waals surface area contributed by atoms with Crippen molar-refractivity contribution < 1.29 is 14.7 Å². The van der Waals surface area contributed by atoms with Crippen molar-refractivity contribution in [1.29, 1.82) is 0 Å². The zero-order valence-electron chi connectivity index (χ0n) is 11.3. The van der Waals surface area contributed by atoms with Crippen LogP contribution < -0.4 is 10.4 Å². The van der Waals surface area contributed by atoms with Gasteiger partial charge in [0.1, 0.15) is 0 Å². The van der Waals surface area contributed by atoms with Crippen LogP contribution in [0.25, 0.3) is 0 Å². The van der Waals surface area contributed by atoms with Gasteiger partial charge in [-0.05, 0) is 31.7 Å². The second-order valence-electron chi connectivity index (χ2n) is 4.97. The van der Waals surface area contributed by atoms with E-state index in [0.717, 1.165) is 0 Å². The summed E-state index contributed by atoms with van der Waals surface area (Å²) in [6.07, 6.45) is 5.52. The molecule has 0 bridgehead atoms. The van der Waals surface area contributed by atoms with Crippen LogP contribution in [-0.4, -0.2) is 34.0 Å². The number of nitrogens with zero attached hydrogens (tertiary/aromatic N) is 3. The number of carbonyl (C=O) groups excluding carboxylic acids is 1. The molecule has 7 heteroatoms. The summed E-state index contributed by atoms with van der Waals surface area (Å²) in [4.78, 5) is 31.0. The number of aliphatic carboxylic acids is 1. The summed E-state index contributed by atoms with van der Waals surface area (Å²) in [5.74, 6) is -0.909. The lowest BCUT2D eigenvalue weighted by molar-refractivity contribution is -0.144. The molecular formula is C13H18N4O3. The molecule has 2 rings (SSSR count). The van der Waals surface area contributed by atoms with Crippen LogP contribution in [0.3, 0.4) is 0 Å². The van der Waals surface area contributed by atoms with Gasteiger partial charge in [0.05, 0.1) is 5.92 Å². The fourth-order valence-corrected chi connectivity index (χ4v) is 2.37. The molecule has 1 aromatic heterocycles. The number of hydrogen-bond donors (Lipinski definition) is 2. The van der Waals surface area contributed by atoms with Crippen molar-refractivity contribution in [3.8, 4) is 0 Å². The minimum absolute atomic E-state index is 0.108. The Hall–Kier alpha value is -2.18. The molecule has 108 valence electrons. The fourth-order valence-electron chi connectivity index (χ4n) is 2.37. The van der Waals surface area contributed by atoms with E-state index < -0.39 is 5.97 Å². The quantitative estimate of drug-likeness (QED) is 0.792. The Labute approximate surface area is 117 Å². The molecule has 1 aliphatic rings. The van der Waals surface area contributed by atoms with Gasteiger partial charge in [-0.3, -0.25) is 20.0 Å². The van der Waals surface area contributed by atoms with E-state index in [2.05, 4.69) is 15.4 Å². The van der Waals surface area contributed by atoms with Gasteiger partial charge in [-0.15, -0.1) is 0 Å². The van der Waals surface area contributed by atoms with Gasteiger partial charge in [0.25, 0.3) is 0 Å². The van der Waals surface area contributed by atoms with Gasteiger partial charge in [-0.1, -0.05) is 0 Å². The summed E-state index contributed by atoms with van der Waals surface area (Å²) in [5, 5.41) is 10.4. The summed E-state index contributed by atoms with van der Waals surface area (Å²) in [5.41, 5.74) is 2.73. The van der Waals surface area contributed by atoms with E-state index in [9.17, 15) is 9.59 Å². The van der Waals surface area contributed by atoms with Crippen LogP contribution in [0.15, 0.2) is 18.5 Å². The highest BCUT2D eigenvalue weighted by molar-refractivity contribution is 5.80. The lowest BCUT2D eigenvalue weighted by Gasteiger charge is -2.27. The maximum absolute atomic E-state index is 12.1. The summed E-state index contributed by atoms with van der Waals surface area (Å²) in [6.45, 7) is 0. The summed E-state index contributed by atoms with van der Waals surface area (Å²) in [6, 6.07) is 1.70. The first kappa shape index (κ1) is 14.2. The van der Waals surface area contributed by atoms with E-state index >= 15 is 0 Å². The number of aromatic nitrogens is 2. The van der Waals surface area contributed by atoms with Crippen molar-refractivity contribution in [2.75, 3.05) is 12.1 Å². The molecule has 0 atom stereocenters. The fraction of sp³-hybridized carbons (Fsp3) is 0.538. The first-order valence-electron chi connectivity index (χ1n) is 6.62. The second kappa shape index (κ2) is 6.31. The maximum atomic E-state index is 12.1. The molecule has 0 spiro atoms. The first-order chi connectivity index (χ1) is 9.58. The molecule has 1 aliphatic carbocycles. The molecule has 1 saturated carbocycles. The predicted molar refractivity (Wildman–Crippen MR) is 71.7 cm³/mol. The Morgan fingerprint density at radius 1 is 1.20 bits per heavy atom. The van der Waals surface area contributed by atoms with E-state index in [-0.39, 0.29) is 17.7 Å². The minimum atomic E-state index is -0.765. The average molecular weight is 278 g/mol. The molecule has 2 N–H and O–H groups in total. The molecule has 0 saturated heterocycles. The third-order valence-corrected chi connectivity index (χ3v) is 3.58. The molecule has 1 fully saturated rings. The normalized spacial score (nSPS) is 22.1. The number of hydrazine groups is 1. The number of carboxylic acids is 1. The van der Waals surface area contributed by atoms with Crippen molar-refractivity contribution in [1.82, 2.24) is 15.4 Å². The summed E-state index contributed by atoms with van der Waals surface area (Å²) in [7, 11) is 1.68. The first-order valence-corrected chi connectivity index (χ1v) is 6.62. The van der Waals surface area contributed by atoms with E-state index in [0.29, 0.717) is 31.6 Å². The Morgan fingerprint density at radius 2 is 1.75 bits per heavy atom. The molecule has 1 aromatic rings. The molecule has 1 amide bonds. The number of amides is 1. The molecule has 1 heterocycles. The smallest absolute Gasteiger partial charge is 0.306 e. The molecule has 20 heavy (non-hydrogen) atoms. The molecule has 0 aromatic carbocycles. The Bertz CT molecular complexity index is 472. The van der Waals surface area contributed by atoms with Crippen molar-refractivity contribution >= 4 is 17.8 Å². The lowest BCUT2D eigenvalue weighted by Crippen LogP contribution is -2.44. The Morgan fingerprint density at radius 3 is 2.30 bits per heavy atom. The Balaban J connectivity index is 1.85. The highest BCUT2D eigenvalue weighted by atomic mass is 16.4. The number of nitrogens with one attached hydrogen (secondary N) is 1. The second-order valence-corrected chi connectivity index (χ2v) is 4.97. The van der Waals surface area contributed by atoms with E-state index in [1.54, 1.807) is 25.5 Å². The van der Waals surface area contributed by atoms with Crippen LogP contribution in [0.5, 0.6) is 0 Å². The van der Waals surface area contributed by atoms with Gasteiger partial charge in [-0.25, -0.2) is 9.97 Å². The van der Waals surface area contributed by atoms with Gasteiger partial charge in [0.15, 0.2) is 0 Å². The largest absolute Gasteiger partial charge is 0.481 e. The molecule has 0 radical (unpaired) electrons. The van der Waals surface area contributed by atoms with Crippen LogP contribution >= 0.6 is 0 Å². The van der Waals surface area contributed by atoms with E-state index in [1.807, 2.05) is 0 Å². The van der Waals surface area contributed by atoms with Gasteiger partial charge < -0.3 is 5.11 Å². The number of carbonyl (C=O) groups is 2. The van der Waals surface area contributed by atoms with Crippen LogP contribution in [0.4, 0.5) is 5.95 Å². The minimum Gasteiger partial charge on any atom is -0.481 e. The number of rotatable bonds is 4. The third kappa shape index (κ3) is 3.43. The summed E-state index contributed by atoms with van der Waals surface area (Å²) >= 11 is 0. The van der Waals surface area contributed by atoms with Gasteiger partial charge in [0.2, 0.25) is 11.9 Å². The van der Waals surface area contributed by atoms with Gasteiger partial charge in [0, 0.05) is 25.4 Å². The van der Waals surface area contributed by atoms with Crippen LogP contribution in [0.1, 0.15) is 25.7 Å². The van der Waals surface area contributed by atoms with Crippen LogP contribution in [0, 0.1) is 11.8 Å². The van der Waals surface area contributed by atoms with E-state index in [1.165, 1.54) is 5.01 Å². The zero-order valence-corrected chi connectivity index (χ0v) is 11.3. The van der Waals surface area contributed by atoms with Crippen LogP contribution in [-0.2, 0) is 9.59 Å². The number of hydrogen-bond acceptors (Lipinski definition) is 5. The lowest BCUT2D eigenvalue weighted by atomic mass is 9.82. The van der Waals surface area contributed by atoms with Crippen LogP contribution in [0.2, 0.25) is 0 Å². The van der Waals surface area contributed by atoms with Crippen molar-refractivity contribution in [3.05, 3.63) is 18.5 Å².